The first-order chi connectivity index (χ1) is 22.1. The Morgan fingerprint density at radius 2 is 1.29 bits per heavy atom. The molecule has 45 heavy (non-hydrogen) atoms. The van der Waals surface area contributed by atoms with Crippen molar-refractivity contribution >= 4 is 29.1 Å². The minimum absolute atomic E-state index is 0.0436. The van der Waals surface area contributed by atoms with Crippen molar-refractivity contribution in [3.8, 4) is 22.3 Å². The second-order valence-electron chi connectivity index (χ2n) is 12.2. The molecule has 5 aromatic rings. The van der Waals surface area contributed by atoms with Crippen LogP contribution in [0.1, 0.15) is 52.8 Å². The SMILES string of the molecule is C=C.CC1(C)c2ccccc2-c2ccc3c(c21)CC=CC=C3c1ccccc1Nc1ccc2cc1/C=C\C=C\c1ccccc1-2. The Hall–Kier alpha value is -5.40. The van der Waals surface area contributed by atoms with Gasteiger partial charge in [0.1, 0.15) is 0 Å². The molecule has 0 saturated heterocycles. The van der Waals surface area contributed by atoms with Crippen LogP contribution in [0.25, 0.3) is 40.0 Å². The monoisotopic (exact) mass is 579 g/mol. The van der Waals surface area contributed by atoms with Gasteiger partial charge in [0.2, 0.25) is 0 Å². The van der Waals surface area contributed by atoms with Gasteiger partial charge in [0, 0.05) is 22.4 Å². The average molecular weight is 580 g/mol. The average Bonchev–Trinajstić information content (AvgIpc) is 3.18. The molecule has 1 nitrogen and oxygen atoms in total. The van der Waals surface area contributed by atoms with Crippen LogP contribution < -0.4 is 5.32 Å². The van der Waals surface area contributed by atoms with Crippen molar-refractivity contribution in [1.82, 2.24) is 0 Å². The van der Waals surface area contributed by atoms with Gasteiger partial charge >= 0.3 is 0 Å². The van der Waals surface area contributed by atoms with Crippen LogP contribution in [0.2, 0.25) is 0 Å². The van der Waals surface area contributed by atoms with Crippen LogP contribution in [-0.2, 0) is 11.8 Å². The first-order valence-electron chi connectivity index (χ1n) is 15.7. The lowest BCUT2D eigenvalue weighted by Crippen LogP contribution is -2.18. The maximum Gasteiger partial charge on any atom is 0.0464 e. The van der Waals surface area contributed by atoms with Crippen LogP contribution in [0, 0.1) is 0 Å². The summed E-state index contributed by atoms with van der Waals surface area (Å²) in [6.45, 7) is 10.8. The number of allylic oxidation sites excluding steroid dienone is 5. The summed E-state index contributed by atoms with van der Waals surface area (Å²) in [6, 6.07) is 37.7. The Labute approximate surface area is 267 Å². The van der Waals surface area contributed by atoms with Gasteiger partial charge in [-0.3, -0.25) is 0 Å². The molecule has 0 fully saturated rings. The van der Waals surface area contributed by atoms with Crippen LogP contribution in [0.5, 0.6) is 0 Å². The van der Waals surface area contributed by atoms with Gasteiger partial charge in [0.05, 0.1) is 0 Å². The Kier molecular flexibility index (Phi) is 7.31. The summed E-state index contributed by atoms with van der Waals surface area (Å²) >= 11 is 0. The second-order valence-corrected chi connectivity index (χ2v) is 12.2. The van der Waals surface area contributed by atoms with Gasteiger partial charge in [-0.05, 0) is 85.8 Å². The van der Waals surface area contributed by atoms with Gasteiger partial charge in [-0.2, -0.15) is 0 Å². The van der Waals surface area contributed by atoms with E-state index in [0.717, 1.165) is 17.8 Å². The van der Waals surface area contributed by atoms with Gasteiger partial charge in [-0.25, -0.2) is 0 Å². The standard InChI is InChI=1S/C42H33N.C2H4/c1-42(2)38-21-11-9-18-34(38)37-25-24-33-32(17-7-8-20-36(33)41(37)42)35-19-10-12-22-40(35)43-39-26-23-29-27-30(39)15-4-3-13-28-14-5-6-16-31(28)29;1-2/h3-19,21-27,43H,20H2,1-2H3;1-2H2/b13-3+,15-4-;. The molecule has 5 aromatic carbocycles. The minimum atomic E-state index is -0.0436. The number of benzene rings is 5. The first-order valence-corrected chi connectivity index (χ1v) is 15.7. The predicted octanol–water partition coefficient (Wildman–Crippen LogP) is 11.8. The summed E-state index contributed by atoms with van der Waals surface area (Å²) in [7, 11) is 0. The molecule has 218 valence electrons. The molecule has 8 rings (SSSR count). The fourth-order valence-electron chi connectivity index (χ4n) is 7.30. The van der Waals surface area contributed by atoms with E-state index >= 15 is 0 Å². The van der Waals surface area contributed by atoms with Crippen LogP contribution in [0.15, 0.2) is 147 Å². The van der Waals surface area contributed by atoms with E-state index in [1.807, 2.05) is 0 Å². The zero-order valence-electron chi connectivity index (χ0n) is 26.0. The minimum Gasteiger partial charge on any atom is -0.355 e. The van der Waals surface area contributed by atoms with Crippen molar-refractivity contribution in [2.24, 2.45) is 0 Å². The first kappa shape index (κ1) is 28.4. The predicted molar refractivity (Wildman–Crippen MR) is 195 cm³/mol. The summed E-state index contributed by atoms with van der Waals surface area (Å²) in [6.07, 6.45) is 16.4. The number of rotatable bonds is 3. The fourth-order valence-corrected chi connectivity index (χ4v) is 7.30. The highest BCUT2D eigenvalue weighted by Crippen LogP contribution is 2.52. The number of fused-ring (bicyclic) bond motifs is 9. The number of nitrogens with one attached hydrogen (secondary N) is 1. The third kappa shape index (κ3) is 4.82. The molecule has 3 aliphatic rings. The van der Waals surface area contributed by atoms with E-state index in [-0.39, 0.29) is 5.41 Å². The summed E-state index contributed by atoms with van der Waals surface area (Å²) < 4.78 is 0. The molecule has 1 N–H and O–H groups in total. The summed E-state index contributed by atoms with van der Waals surface area (Å²) in [5, 5.41) is 3.84. The Bertz CT molecular complexity index is 2060. The lowest BCUT2D eigenvalue weighted by Gasteiger charge is -2.26. The van der Waals surface area contributed by atoms with Crippen LogP contribution in [0.3, 0.4) is 0 Å². The lowest BCUT2D eigenvalue weighted by molar-refractivity contribution is 0.653. The van der Waals surface area contributed by atoms with Crippen molar-refractivity contribution < 1.29 is 0 Å². The van der Waals surface area contributed by atoms with E-state index in [2.05, 4.69) is 178 Å². The zero-order chi connectivity index (χ0) is 31.0. The maximum absolute atomic E-state index is 3.84. The molecule has 0 spiro atoms. The van der Waals surface area contributed by atoms with Crippen molar-refractivity contribution in [3.05, 3.63) is 186 Å². The second kappa shape index (κ2) is 11.6. The van der Waals surface area contributed by atoms with E-state index < -0.39 is 0 Å². The van der Waals surface area contributed by atoms with E-state index in [1.165, 1.54) is 66.8 Å². The van der Waals surface area contributed by atoms with Crippen molar-refractivity contribution in [2.45, 2.75) is 25.7 Å². The van der Waals surface area contributed by atoms with Crippen molar-refractivity contribution in [3.63, 3.8) is 0 Å². The van der Waals surface area contributed by atoms with Gasteiger partial charge in [-0.15, -0.1) is 13.2 Å². The van der Waals surface area contributed by atoms with Crippen molar-refractivity contribution in [2.75, 3.05) is 5.32 Å². The molecular weight excluding hydrogens is 542 g/mol. The topological polar surface area (TPSA) is 12.0 Å². The van der Waals surface area contributed by atoms with E-state index in [0.29, 0.717) is 0 Å². The van der Waals surface area contributed by atoms with Crippen LogP contribution in [0.4, 0.5) is 11.4 Å². The summed E-state index contributed by atoms with van der Waals surface area (Å²) in [5.41, 5.74) is 17.9. The summed E-state index contributed by atoms with van der Waals surface area (Å²) in [4.78, 5) is 0. The highest BCUT2D eigenvalue weighted by atomic mass is 14.9. The number of hydrogen-bond donors (Lipinski definition) is 1. The van der Waals surface area contributed by atoms with Gasteiger partial charge in [0.25, 0.3) is 0 Å². The van der Waals surface area contributed by atoms with Crippen molar-refractivity contribution in [1.29, 1.82) is 0 Å². The van der Waals surface area contributed by atoms with E-state index in [4.69, 9.17) is 0 Å². The smallest absolute Gasteiger partial charge is 0.0464 e. The quantitative estimate of drug-likeness (QED) is 0.210. The third-order valence-corrected chi connectivity index (χ3v) is 9.31. The largest absolute Gasteiger partial charge is 0.355 e. The molecule has 3 aliphatic carbocycles. The Balaban J connectivity index is 0.00000160. The number of hydrogen-bond acceptors (Lipinski definition) is 1. The Morgan fingerprint density at radius 3 is 2.13 bits per heavy atom. The molecular formula is C44H37N. The van der Waals surface area contributed by atoms with Gasteiger partial charge in [-0.1, -0.05) is 141 Å². The fraction of sp³-hybridized carbons (Fsp3) is 0.0909. The van der Waals surface area contributed by atoms with Crippen LogP contribution >= 0.6 is 0 Å². The molecule has 0 aromatic heterocycles. The third-order valence-electron chi connectivity index (χ3n) is 9.31. The molecule has 0 unspecified atom stereocenters. The van der Waals surface area contributed by atoms with Gasteiger partial charge in [0.15, 0.2) is 0 Å². The molecule has 0 radical (unpaired) electrons. The molecule has 0 amide bonds. The molecule has 0 aliphatic heterocycles. The lowest BCUT2D eigenvalue weighted by atomic mass is 9.77. The normalized spacial score (nSPS) is 16.0. The van der Waals surface area contributed by atoms with Gasteiger partial charge < -0.3 is 5.32 Å². The maximum atomic E-state index is 3.84. The highest BCUT2D eigenvalue weighted by Gasteiger charge is 2.38. The molecule has 0 saturated carbocycles. The highest BCUT2D eigenvalue weighted by molar-refractivity contribution is 5.94. The number of anilines is 2. The Morgan fingerprint density at radius 1 is 0.600 bits per heavy atom. The zero-order valence-corrected chi connectivity index (χ0v) is 26.0. The molecule has 1 heteroatoms. The van der Waals surface area contributed by atoms with E-state index in [9.17, 15) is 0 Å². The molecule has 0 atom stereocenters. The molecule has 0 heterocycles. The summed E-state index contributed by atoms with van der Waals surface area (Å²) in [5.74, 6) is 0. The molecule has 2 bridgehead atoms. The van der Waals surface area contributed by atoms with Crippen LogP contribution in [-0.4, -0.2) is 0 Å². The van der Waals surface area contributed by atoms with E-state index in [1.54, 1.807) is 0 Å². The number of para-hydroxylation sites is 1.